The first-order chi connectivity index (χ1) is 7.27. The molecule has 1 aromatic carbocycles. The largest absolute Gasteiger partial charge is 0.507 e. The summed E-state index contributed by atoms with van der Waals surface area (Å²) in [7, 11) is 0.946. The van der Waals surface area contributed by atoms with Crippen LogP contribution in [0.1, 0.15) is 21.5 Å². The fourth-order valence-corrected chi connectivity index (χ4v) is 1.31. The number of ether oxygens (including phenoxy) is 1. The van der Waals surface area contributed by atoms with E-state index in [1.54, 1.807) is 0 Å². The van der Waals surface area contributed by atoms with Crippen LogP contribution in [0.3, 0.4) is 0 Å². The highest BCUT2D eigenvalue weighted by molar-refractivity contribution is 5.94. The third-order valence-electron chi connectivity index (χ3n) is 1.96. The molecule has 0 saturated heterocycles. The van der Waals surface area contributed by atoms with Gasteiger partial charge in [-0.1, -0.05) is 0 Å². The molecule has 0 atom stereocenters. The van der Waals surface area contributed by atoms with Crippen molar-refractivity contribution in [2.75, 3.05) is 7.11 Å². The number of benzene rings is 1. The minimum absolute atomic E-state index is 0.206. The van der Waals surface area contributed by atoms with E-state index in [4.69, 9.17) is 0 Å². The zero-order valence-electron chi connectivity index (χ0n) is 8.55. The SMILES string of the molecule is COC(=O)c1c(O)cc(C)cc1C(F)(F)F. The van der Waals surface area contributed by atoms with Gasteiger partial charge in [-0.2, -0.15) is 13.2 Å². The number of aromatic hydroxyl groups is 1. The molecule has 1 aromatic rings. The van der Waals surface area contributed by atoms with Crippen LogP contribution >= 0.6 is 0 Å². The third kappa shape index (κ3) is 2.26. The van der Waals surface area contributed by atoms with Gasteiger partial charge in [-0.25, -0.2) is 4.79 Å². The van der Waals surface area contributed by atoms with Gasteiger partial charge >= 0.3 is 12.1 Å². The van der Waals surface area contributed by atoms with Crippen molar-refractivity contribution in [1.82, 2.24) is 0 Å². The molecular weight excluding hydrogens is 225 g/mol. The van der Waals surface area contributed by atoms with Crippen molar-refractivity contribution in [1.29, 1.82) is 0 Å². The van der Waals surface area contributed by atoms with Crippen LogP contribution in [0, 0.1) is 6.92 Å². The number of carbonyl (C=O) groups is 1. The van der Waals surface area contributed by atoms with Crippen LogP contribution in [0.25, 0.3) is 0 Å². The van der Waals surface area contributed by atoms with Crippen LogP contribution in [-0.2, 0) is 10.9 Å². The minimum Gasteiger partial charge on any atom is -0.507 e. The van der Waals surface area contributed by atoms with Crippen molar-refractivity contribution in [3.05, 3.63) is 28.8 Å². The number of hydrogen-bond acceptors (Lipinski definition) is 3. The average molecular weight is 234 g/mol. The smallest absolute Gasteiger partial charge is 0.417 e. The number of esters is 1. The van der Waals surface area contributed by atoms with Crippen LogP contribution in [0.4, 0.5) is 13.2 Å². The molecule has 0 radical (unpaired) electrons. The molecule has 1 rings (SSSR count). The van der Waals surface area contributed by atoms with Gasteiger partial charge in [0.25, 0.3) is 0 Å². The quantitative estimate of drug-likeness (QED) is 0.759. The molecular formula is C10H9F3O3. The maximum atomic E-state index is 12.6. The summed E-state index contributed by atoms with van der Waals surface area (Å²) in [5.41, 5.74) is -1.85. The van der Waals surface area contributed by atoms with Gasteiger partial charge in [-0.05, 0) is 24.6 Å². The van der Waals surface area contributed by atoms with Crippen LogP contribution in [0.2, 0.25) is 0 Å². The van der Waals surface area contributed by atoms with E-state index < -0.39 is 29.0 Å². The van der Waals surface area contributed by atoms with E-state index in [9.17, 15) is 23.1 Å². The summed E-state index contributed by atoms with van der Waals surface area (Å²) >= 11 is 0. The van der Waals surface area contributed by atoms with Gasteiger partial charge < -0.3 is 9.84 Å². The van der Waals surface area contributed by atoms with E-state index in [1.807, 2.05) is 0 Å². The van der Waals surface area contributed by atoms with E-state index in [0.717, 1.165) is 19.2 Å². The summed E-state index contributed by atoms with van der Waals surface area (Å²) in [5, 5.41) is 9.34. The number of phenolic OH excluding ortho intramolecular Hbond substituents is 1. The molecule has 16 heavy (non-hydrogen) atoms. The Morgan fingerprint density at radius 3 is 2.38 bits per heavy atom. The first-order valence-corrected chi connectivity index (χ1v) is 4.26. The normalized spacial score (nSPS) is 11.3. The number of rotatable bonds is 1. The second-order valence-electron chi connectivity index (χ2n) is 3.20. The summed E-state index contributed by atoms with van der Waals surface area (Å²) in [6.45, 7) is 1.38. The number of aryl methyl sites for hydroxylation is 1. The highest BCUT2D eigenvalue weighted by atomic mass is 19.4. The Hall–Kier alpha value is -1.72. The van der Waals surface area contributed by atoms with Gasteiger partial charge in [0, 0.05) is 0 Å². The third-order valence-corrected chi connectivity index (χ3v) is 1.96. The van der Waals surface area contributed by atoms with Crippen LogP contribution < -0.4 is 0 Å². The molecule has 0 aromatic heterocycles. The Labute approximate surface area is 89.5 Å². The highest BCUT2D eigenvalue weighted by Crippen LogP contribution is 2.36. The first kappa shape index (κ1) is 12.4. The Balaban J connectivity index is 3.51. The van der Waals surface area contributed by atoms with E-state index in [1.165, 1.54) is 6.92 Å². The van der Waals surface area contributed by atoms with Gasteiger partial charge in [0.15, 0.2) is 0 Å². The number of carbonyl (C=O) groups excluding carboxylic acids is 1. The lowest BCUT2D eigenvalue weighted by Crippen LogP contribution is -2.14. The van der Waals surface area contributed by atoms with Crippen molar-refractivity contribution in [2.45, 2.75) is 13.1 Å². The molecule has 0 aliphatic heterocycles. The van der Waals surface area contributed by atoms with Crippen LogP contribution in [-0.4, -0.2) is 18.2 Å². The second-order valence-corrected chi connectivity index (χ2v) is 3.20. The molecule has 1 N–H and O–H groups in total. The topological polar surface area (TPSA) is 46.5 Å². The number of alkyl halides is 3. The molecule has 0 aliphatic rings. The number of hydrogen-bond donors (Lipinski definition) is 1. The van der Waals surface area contributed by atoms with E-state index >= 15 is 0 Å². The van der Waals surface area contributed by atoms with Gasteiger partial charge in [0.05, 0.1) is 12.7 Å². The highest BCUT2D eigenvalue weighted by Gasteiger charge is 2.37. The Morgan fingerprint density at radius 1 is 1.38 bits per heavy atom. The van der Waals surface area contributed by atoms with Gasteiger partial charge in [-0.3, -0.25) is 0 Å². The maximum absolute atomic E-state index is 12.6. The van der Waals surface area contributed by atoms with Crippen molar-refractivity contribution < 1.29 is 27.8 Å². The first-order valence-electron chi connectivity index (χ1n) is 4.26. The van der Waals surface area contributed by atoms with Gasteiger partial charge in [-0.15, -0.1) is 0 Å². The molecule has 0 unspecified atom stereocenters. The second kappa shape index (κ2) is 4.03. The van der Waals surface area contributed by atoms with Gasteiger partial charge in [0.2, 0.25) is 0 Å². The molecule has 3 nitrogen and oxygen atoms in total. The van der Waals surface area contributed by atoms with E-state index in [-0.39, 0.29) is 5.56 Å². The fraction of sp³-hybridized carbons (Fsp3) is 0.300. The van der Waals surface area contributed by atoms with Crippen molar-refractivity contribution >= 4 is 5.97 Å². The maximum Gasteiger partial charge on any atom is 0.417 e. The molecule has 0 spiro atoms. The molecule has 88 valence electrons. The van der Waals surface area contributed by atoms with Gasteiger partial charge in [0.1, 0.15) is 11.3 Å². The summed E-state index contributed by atoms with van der Waals surface area (Å²) in [4.78, 5) is 11.1. The fourth-order valence-electron chi connectivity index (χ4n) is 1.31. The summed E-state index contributed by atoms with van der Waals surface area (Å²) in [5.74, 6) is -1.95. The zero-order valence-corrected chi connectivity index (χ0v) is 8.55. The predicted molar refractivity (Wildman–Crippen MR) is 49.2 cm³/mol. The summed E-state index contributed by atoms with van der Waals surface area (Å²) in [6.07, 6.45) is -4.72. The predicted octanol–water partition coefficient (Wildman–Crippen LogP) is 2.51. The Bertz CT molecular complexity index is 424. The Morgan fingerprint density at radius 2 is 1.94 bits per heavy atom. The van der Waals surface area contributed by atoms with Crippen LogP contribution in [0.15, 0.2) is 12.1 Å². The summed E-state index contributed by atoms with van der Waals surface area (Å²) < 4.78 is 42.0. The average Bonchev–Trinajstić information content (AvgIpc) is 2.14. The van der Waals surface area contributed by atoms with Crippen molar-refractivity contribution in [3.63, 3.8) is 0 Å². The molecule has 0 fully saturated rings. The number of halogens is 3. The van der Waals surface area contributed by atoms with E-state index in [2.05, 4.69) is 4.74 Å². The number of methoxy groups -OCH3 is 1. The molecule has 0 bridgehead atoms. The van der Waals surface area contributed by atoms with Crippen molar-refractivity contribution in [3.8, 4) is 5.75 Å². The van der Waals surface area contributed by atoms with Crippen LogP contribution in [0.5, 0.6) is 5.75 Å². The lowest BCUT2D eigenvalue weighted by molar-refractivity contribution is -0.138. The van der Waals surface area contributed by atoms with Crippen molar-refractivity contribution in [2.24, 2.45) is 0 Å². The van der Waals surface area contributed by atoms with E-state index in [0.29, 0.717) is 0 Å². The molecule has 0 saturated carbocycles. The molecule has 0 amide bonds. The zero-order chi connectivity index (χ0) is 12.5. The Kier molecular flexibility index (Phi) is 3.11. The minimum atomic E-state index is -4.72. The molecule has 0 aliphatic carbocycles. The number of phenols is 1. The lowest BCUT2D eigenvalue weighted by atomic mass is 10.0. The lowest BCUT2D eigenvalue weighted by Gasteiger charge is -2.13. The standard InChI is InChI=1S/C10H9F3O3/c1-5-3-6(10(11,12)13)8(7(14)4-5)9(15)16-2/h3-4,14H,1-2H3. The monoisotopic (exact) mass is 234 g/mol. The molecule has 0 heterocycles. The summed E-state index contributed by atoms with van der Waals surface area (Å²) in [6, 6.07) is 1.85. The molecule has 6 heteroatoms.